The molecule has 0 aromatic rings. The van der Waals surface area contributed by atoms with Crippen molar-refractivity contribution < 1.29 is 4.74 Å². The molecule has 0 aliphatic carbocycles. The molecule has 0 aromatic carbocycles. The maximum absolute atomic E-state index is 5.45. The number of nitrogens with zero attached hydrogens (tertiary/aromatic N) is 1. The van der Waals surface area contributed by atoms with Crippen molar-refractivity contribution in [3.05, 3.63) is 0 Å². The molecule has 0 aromatic heterocycles. The summed E-state index contributed by atoms with van der Waals surface area (Å²) < 4.78 is 5.45. The van der Waals surface area contributed by atoms with E-state index in [0.717, 1.165) is 31.8 Å². The van der Waals surface area contributed by atoms with Crippen molar-refractivity contribution >= 4 is 0 Å². The monoisotopic (exact) mass is 240 g/mol. The minimum atomic E-state index is 0.463. The summed E-state index contributed by atoms with van der Waals surface area (Å²) in [6.07, 6.45) is 5.01. The van der Waals surface area contributed by atoms with Crippen LogP contribution in [0.2, 0.25) is 0 Å². The lowest BCUT2D eigenvalue weighted by Gasteiger charge is -2.39. The van der Waals surface area contributed by atoms with Crippen LogP contribution < -0.4 is 5.32 Å². The standard InChI is InChI=1S/C14H28N2O/c1-12-10-13(4-7-16(12)3)15-11-14(2)5-8-17-9-6-14/h12-13,15H,4-11H2,1-3H3. The molecule has 3 heteroatoms. The van der Waals surface area contributed by atoms with Crippen molar-refractivity contribution in [3.8, 4) is 0 Å². The Balaban J connectivity index is 1.74. The van der Waals surface area contributed by atoms with Gasteiger partial charge in [-0.2, -0.15) is 0 Å². The van der Waals surface area contributed by atoms with Crippen LogP contribution >= 0.6 is 0 Å². The second-order valence-electron chi connectivity index (χ2n) is 6.35. The van der Waals surface area contributed by atoms with E-state index in [-0.39, 0.29) is 0 Å². The van der Waals surface area contributed by atoms with E-state index in [1.807, 2.05) is 0 Å². The van der Waals surface area contributed by atoms with Gasteiger partial charge in [0.05, 0.1) is 0 Å². The summed E-state index contributed by atoms with van der Waals surface area (Å²) in [5, 5.41) is 3.80. The average molecular weight is 240 g/mol. The van der Waals surface area contributed by atoms with Gasteiger partial charge in [0.1, 0.15) is 0 Å². The van der Waals surface area contributed by atoms with Gasteiger partial charge in [-0.3, -0.25) is 0 Å². The van der Waals surface area contributed by atoms with Crippen LogP contribution in [-0.2, 0) is 4.74 Å². The number of ether oxygens (including phenoxy) is 1. The Hall–Kier alpha value is -0.120. The molecule has 0 saturated carbocycles. The fourth-order valence-corrected chi connectivity index (χ4v) is 2.91. The largest absolute Gasteiger partial charge is 0.381 e. The minimum absolute atomic E-state index is 0.463. The maximum atomic E-state index is 5.45. The van der Waals surface area contributed by atoms with Gasteiger partial charge in [0, 0.05) is 31.8 Å². The number of likely N-dealkylation sites (tertiary alicyclic amines) is 1. The Morgan fingerprint density at radius 3 is 2.71 bits per heavy atom. The van der Waals surface area contributed by atoms with E-state index in [9.17, 15) is 0 Å². The van der Waals surface area contributed by atoms with Gasteiger partial charge < -0.3 is 15.0 Å². The second-order valence-corrected chi connectivity index (χ2v) is 6.35. The minimum Gasteiger partial charge on any atom is -0.381 e. The molecule has 2 unspecified atom stereocenters. The molecule has 2 aliphatic rings. The summed E-state index contributed by atoms with van der Waals surface area (Å²) in [6, 6.07) is 1.45. The molecule has 2 aliphatic heterocycles. The molecule has 3 nitrogen and oxygen atoms in total. The van der Waals surface area contributed by atoms with Gasteiger partial charge in [-0.15, -0.1) is 0 Å². The van der Waals surface area contributed by atoms with E-state index in [0.29, 0.717) is 5.41 Å². The van der Waals surface area contributed by atoms with Gasteiger partial charge in [-0.1, -0.05) is 6.92 Å². The lowest BCUT2D eigenvalue weighted by molar-refractivity contribution is 0.0211. The highest BCUT2D eigenvalue weighted by molar-refractivity contribution is 4.85. The number of nitrogens with one attached hydrogen (secondary N) is 1. The predicted octanol–water partition coefficient (Wildman–Crippen LogP) is 1.88. The first-order chi connectivity index (χ1) is 8.09. The van der Waals surface area contributed by atoms with Crippen LogP contribution in [0.4, 0.5) is 0 Å². The molecule has 0 spiro atoms. The van der Waals surface area contributed by atoms with E-state index < -0.39 is 0 Å². The topological polar surface area (TPSA) is 24.5 Å². The van der Waals surface area contributed by atoms with Crippen molar-refractivity contribution in [1.82, 2.24) is 10.2 Å². The van der Waals surface area contributed by atoms with Crippen LogP contribution in [0.25, 0.3) is 0 Å². The summed E-state index contributed by atoms with van der Waals surface area (Å²) in [4.78, 5) is 2.47. The highest BCUT2D eigenvalue weighted by atomic mass is 16.5. The summed E-state index contributed by atoms with van der Waals surface area (Å²) in [5.41, 5.74) is 0.463. The molecule has 2 fully saturated rings. The molecular weight excluding hydrogens is 212 g/mol. The first-order valence-corrected chi connectivity index (χ1v) is 7.10. The maximum Gasteiger partial charge on any atom is 0.0471 e. The number of piperidine rings is 1. The number of hydrogen-bond donors (Lipinski definition) is 1. The molecule has 0 bridgehead atoms. The SMILES string of the molecule is CC1CC(NCC2(C)CCOCC2)CCN1C. The molecule has 1 N–H and O–H groups in total. The highest BCUT2D eigenvalue weighted by Crippen LogP contribution is 2.29. The quantitative estimate of drug-likeness (QED) is 0.815. The zero-order valence-electron chi connectivity index (χ0n) is 11.7. The summed E-state index contributed by atoms with van der Waals surface area (Å²) in [6.45, 7) is 9.03. The predicted molar refractivity (Wildman–Crippen MR) is 71.3 cm³/mol. The molecule has 0 radical (unpaired) electrons. The van der Waals surface area contributed by atoms with Gasteiger partial charge in [0.25, 0.3) is 0 Å². The number of hydrogen-bond acceptors (Lipinski definition) is 3. The third kappa shape index (κ3) is 3.67. The van der Waals surface area contributed by atoms with Crippen LogP contribution in [0.1, 0.15) is 39.5 Å². The third-order valence-electron chi connectivity index (χ3n) is 4.73. The second kappa shape index (κ2) is 5.68. The summed E-state index contributed by atoms with van der Waals surface area (Å²) >= 11 is 0. The van der Waals surface area contributed by atoms with Crippen LogP contribution in [-0.4, -0.2) is 50.3 Å². The first kappa shape index (κ1) is 13.3. The van der Waals surface area contributed by atoms with Gasteiger partial charge in [-0.25, -0.2) is 0 Å². The molecular formula is C14H28N2O. The molecule has 17 heavy (non-hydrogen) atoms. The first-order valence-electron chi connectivity index (χ1n) is 7.10. The van der Waals surface area contributed by atoms with Gasteiger partial charge in [0.2, 0.25) is 0 Å². The molecule has 2 rings (SSSR count). The lowest BCUT2D eigenvalue weighted by Crippen LogP contribution is -2.48. The van der Waals surface area contributed by atoms with Gasteiger partial charge in [0.15, 0.2) is 0 Å². The normalized spacial score (nSPS) is 34.8. The fourth-order valence-electron chi connectivity index (χ4n) is 2.91. The van der Waals surface area contributed by atoms with Crippen molar-refractivity contribution in [1.29, 1.82) is 0 Å². The van der Waals surface area contributed by atoms with E-state index >= 15 is 0 Å². The third-order valence-corrected chi connectivity index (χ3v) is 4.73. The number of rotatable bonds is 3. The van der Waals surface area contributed by atoms with Gasteiger partial charge >= 0.3 is 0 Å². The Bertz CT molecular complexity index is 238. The molecule has 0 amide bonds. The zero-order valence-corrected chi connectivity index (χ0v) is 11.7. The summed E-state index contributed by atoms with van der Waals surface area (Å²) in [5.74, 6) is 0. The van der Waals surface area contributed by atoms with Crippen molar-refractivity contribution in [2.75, 3.05) is 33.4 Å². The Morgan fingerprint density at radius 2 is 2.06 bits per heavy atom. The van der Waals surface area contributed by atoms with Crippen LogP contribution in [0.3, 0.4) is 0 Å². The average Bonchev–Trinajstić information content (AvgIpc) is 2.32. The fraction of sp³-hybridized carbons (Fsp3) is 1.00. The Labute approximate surface area is 106 Å². The highest BCUT2D eigenvalue weighted by Gasteiger charge is 2.29. The molecule has 2 saturated heterocycles. The van der Waals surface area contributed by atoms with E-state index in [1.165, 1.54) is 32.2 Å². The Kier molecular flexibility index (Phi) is 4.45. The van der Waals surface area contributed by atoms with Crippen LogP contribution in [0.15, 0.2) is 0 Å². The van der Waals surface area contributed by atoms with Crippen LogP contribution in [0, 0.1) is 5.41 Å². The molecule has 100 valence electrons. The van der Waals surface area contributed by atoms with E-state index in [4.69, 9.17) is 4.74 Å². The van der Waals surface area contributed by atoms with Crippen LogP contribution in [0.5, 0.6) is 0 Å². The smallest absolute Gasteiger partial charge is 0.0471 e. The molecule has 2 heterocycles. The van der Waals surface area contributed by atoms with E-state index in [2.05, 4.69) is 31.1 Å². The Morgan fingerprint density at radius 1 is 1.35 bits per heavy atom. The summed E-state index contributed by atoms with van der Waals surface area (Å²) in [7, 11) is 2.24. The van der Waals surface area contributed by atoms with Crippen molar-refractivity contribution in [2.45, 2.75) is 51.6 Å². The van der Waals surface area contributed by atoms with Crippen molar-refractivity contribution in [2.24, 2.45) is 5.41 Å². The zero-order chi connectivity index (χ0) is 12.3. The van der Waals surface area contributed by atoms with E-state index in [1.54, 1.807) is 0 Å². The molecule has 2 atom stereocenters. The van der Waals surface area contributed by atoms with Crippen molar-refractivity contribution in [3.63, 3.8) is 0 Å². The lowest BCUT2D eigenvalue weighted by atomic mass is 9.82. The van der Waals surface area contributed by atoms with Gasteiger partial charge in [-0.05, 0) is 51.6 Å².